The molecular formula is C18H25NO2. The summed E-state index contributed by atoms with van der Waals surface area (Å²) >= 11 is 0. The Balaban J connectivity index is 2.79. The van der Waals surface area contributed by atoms with Crippen LogP contribution in [0.25, 0.3) is 10.9 Å². The number of fused-ring (bicyclic) bond motifs is 1. The van der Waals surface area contributed by atoms with E-state index < -0.39 is 5.97 Å². The smallest absolute Gasteiger partial charge is 0.335 e. The van der Waals surface area contributed by atoms with Gasteiger partial charge in [-0.1, -0.05) is 27.2 Å². The number of rotatable bonds is 6. The number of hydrogen-bond acceptors (Lipinski definition) is 1. The molecule has 0 aliphatic heterocycles. The number of benzene rings is 1. The lowest BCUT2D eigenvalue weighted by Crippen LogP contribution is -2.03. The first-order valence-electron chi connectivity index (χ1n) is 7.92. The maximum absolute atomic E-state index is 11.4. The number of hydrogen-bond donors (Lipinski definition) is 1. The second-order valence-electron chi connectivity index (χ2n) is 5.61. The van der Waals surface area contributed by atoms with E-state index in [2.05, 4.69) is 32.3 Å². The van der Waals surface area contributed by atoms with Crippen molar-refractivity contribution in [1.82, 2.24) is 4.57 Å². The van der Waals surface area contributed by atoms with Crippen LogP contribution in [0, 0.1) is 6.92 Å². The first-order chi connectivity index (χ1) is 10.0. The highest BCUT2D eigenvalue weighted by Crippen LogP contribution is 2.31. The molecule has 2 rings (SSSR count). The fraction of sp³-hybridized carbons (Fsp3) is 0.500. The van der Waals surface area contributed by atoms with Crippen molar-refractivity contribution < 1.29 is 9.90 Å². The summed E-state index contributed by atoms with van der Waals surface area (Å²) in [4.78, 5) is 11.4. The number of carbonyl (C=O) groups is 1. The van der Waals surface area contributed by atoms with Crippen molar-refractivity contribution in [3.05, 3.63) is 34.5 Å². The Morgan fingerprint density at radius 3 is 2.43 bits per heavy atom. The Labute approximate surface area is 126 Å². The third-order valence-corrected chi connectivity index (χ3v) is 4.34. The van der Waals surface area contributed by atoms with Crippen molar-refractivity contribution in [3.63, 3.8) is 0 Å². The van der Waals surface area contributed by atoms with E-state index in [9.17, 15) is 9.90 Å². The van der Waals surface area contributed by atoms with Crippen LogP contribution in [0.4, 0.5) is 0 Å². The number of carboxylic acids is 1. The van der Waals surface area contributed by atoms with Crippen molar-refractivity contribution in [2.75, 3.05) is 0 Å². The molecular weight excluding hydrogens is 262 g/mol. The second kappa shape index (κ2) is 6.33. The Bertz CT molecular complexity index is 668. The summed E-state index contributed by atoms with van der Waals surface area (Å²) in [7, 11) is 0. The Morgan fingerprint density at radius 1 is 1.19 bits per heavy atom. The van der Waals surface area contributed by atoms with Gasteiger partial charge in [-0.25, -0.2) is 4.79 Å². The highest BCUT2D eigenvalue weighted by atomic mass is 16.4. The van der Waals surface area contributed by atoms with Gasteiger partial charge in [-0.05, 0) is 49.4 Å². The number of aromatic nitrogens is 1. The van der Waals surface area contributed by atoms with Crippen LogP contribution in [0.1, 0.15) is 60.8 Å². The molecule has 1 heterocycles. The fourth-order valence-electron chi connectivity index (χ4n) is 3.20. The van der Waals surface area contributed by atoms with Crippen molar-refractivity contribution in [2.45, 2.75) is 59.9 Å². The van der Waals surface area contributed by atoms with Crippen molar-refractivity contribution >= 4 is 16.9 Å². The Hall–Kier alpha value is -1.77. The lowest BCUT2D eigenvalue weighted by atomic mass is 10.0. The monoisotopic (exact) mass is 287 g/mol. The van der Waals surface area contributed by atoms with Crippen LogP contribution in [0.2, 0.25) is 0 Å². The third kappa shape index (κ3) is 2.69. The standard InChI is InChI=1S/C18H25NO2/c1-5-8-9-19-12(4)15(7-3)16-11-14(18(20)21)10-13(6-2)17(16)19/h10-11H,5-9H2,1-4H3,(H,20,21). The van der Waals surface area contributed by atoms with Gasteiger partial charge in [0.2, 0.25) is 0 Å². The van der Waals surface area contributed by atoms with Crippen LogP contribution < -0.4 is 0 Å². The molecule has 0 radical (unpaired) electrons. The van der Waals surface area contributed by atoms with Gasteiger partial charge in [0, 0.05) is 17.6 Å². The SMILES string of the molecule is CCCCn1c(C)c(CC)c2cc(C(=O)O)cc(CC)c21. The van der Waals surface area contributed by atoms with Gasteiger partial charge < -0.3 is 9.67 Å². The van der Waals surface area contributed by atoms with E-state index in [-0.39, 0.29) is 0 Å². The first-order valence-corrected chi connectivity index (χ1v) is 7.92. The summed E-state index contributed by atoms with van der Waals surface area (Å²) in [6, 6.07) is 3.69. The van der Waals surface area contributed by atoms with Gasteiger partial charge in [0.15, 0.2) is 0 Å². The van der Waals surface area contributed by atoms with E-state index in [1.165, 1.54) is 16.8 Å². The molecule has 0 atom stereocenters. The van der Waals surface area contributed by atoms with Crippen molar-refractivity contribution in [1.29, 1.82) is 0 Å². The summed E-state index contributed by atoms with van der Waals surface area (Å²) < 4.78 is 2.39. The highest BCUT2D eigenvalue weighted by Gasteiger charge is 2.18. The van der Waals surface area contributed by atoms with Gasteiger partial charge in [0.1, 0.15) is 0 Å². The van der Waals surface area contributed by atoms with Gasteiger partial charge in [0.25, 0.3) is 0 Å². The van der Waals surface area contributed by atoms with Crippen LogP contribution in [0.15, 0.2) is 12.1 Å². The van der Waals surface area contributed by atoms with E-state index in [1.54, 1.807) is 0 Å². The maximum Gasteiger partial charge on any atom is 0.335 e. The van der Waals surface area contributed by atoms with E-state index in [0.29, 0.717) is 5.56 Å². The molecule has 114 valence electrons. The van der Waals surface area contributed by atoms with Crippen LogP contribution in [-0.2, 0) is 19.4 Å². The van der Waals surface area contributed by atoms with Gasteiger partial charge >= 0.3 is 5.97 Å². The second-order valence-corrected chi connectivity index (χ2v) is 5.61. The number of carboxylic acid groups (broad SMARTS) is 1. The first kappa shape index (κ1) is 15.6. The third-order valence-electron chi connectivity index (χ3n) is 4.34. The largest absolute Gasteiger partial charge is 0.478 e. The molecule has 0 saturated carbocycles. The summed E-state index contributed by atoms with van der Waals surface area (Å²) in [5, 5.41) is 10.5. The topological polar surface area (TPSA) is 42.2 Å². The molecule has 0 bridgehead atoms. The molecule has 0 aliphatic rings. The van der Waals surface area contributed by atoms with Crippen LogP contribution in [-0.4, -0.2) is 15.6 Å². The number of nitrogens with zero attached hydrogens (tertiary/aromatic N) is 1. The van der Waals surface area contributed by atoms with E-state index >= 15 is 0 Å². The minimum absolute atomic E-state index is 0.404. The van der Waals surface area contributed by atoms with Crippen molar-refractivity contribution in [3.8, 4) is 0 Å². The van der Waals surface area contributed by atoms with Gasteiger partial charge in [-0.2, -0.15) is 0 Å². The maximum atomic E-state index is 11.4. The molecule has 0 saturated heterocycles. The minimum atomic E-state index is -0.840. The molecule has 0 fully saturated rings. The molecule has 1 aromatic heterocycles. The average Bonchev–Trinajstić information content (AvgIpc) is 2.75. The molecule has 1 N–H and O–H groups in total. The average molecular weight is 287 g/mol. The molecule has 0 amide bonds. The lowest BCUT2D eigenvalue weighted by Gasteiger charge is -2.11. The predicted octanol–water partition coefficient (Wildman–Crippen LogP) is 4.57. The van der Waals surface area contributed by atoms with Gasteiger partial charge in [0.05, 0.1) is 11.1 Å². The molecule has 0 spiro atoms. The Morgan fingerprint density at radius 2 is 1.90 bits per heavy atom. The fourth-order valence-corrected chi connectivity index (χ4v) is 3.20. The zero-order chi connectivity index (χ0) is 15.6. The quantitative estimate of drug-likeness (QED) is 0.845. The van der Waals surface area contributed by atoms with E-state index in [1.807, 2.05) is 12.1 Å². The minimum Gasteiger partial charge on any atom is -0.478 e. The summed E-state index contributed by atoms with van der Waals surface area (Å²) in [5.41, 5.74) is 5.37. The molecule has 1 aromatic carbocycles. The molecule has 3 heteroatoms. The van der Waals surface area contributed by atoms with E-state index in [4.69, 9.17) is 0 Å². The Kier molecular flexibility index (Phi) is 4.71. The highest BCUT2D eigenvalue weighted by molar-refractivity contribution is 5.97. The molecule has 0 unspecified atom stereocenters. The van der Waals surface area contributed by atoms with Gasteiger partial charge in [-0.15, -0.1) is 0 Å². The molecule has 0 aliphatic carbocycles. The summed E-state index contributed by atoms with van der Waals surface area (Å²) in [6.07, 6.45) is 4.11. The number of unbranched alkanes of at least 4 members (excludes halogenated alkanes) is 1. The normalized spacial score (nSPS) is 11.2. The zero-order valence-electron chi connectivity index (χ0n) is 13.5. The number of aromatic carboxylic acids is 1. The van der Waals surface area contributed by atoms with Crippen LogP contribution in [0.5, 0.6) is 0 Å². The summed E-state index contributed by atoms with van der Waals surface area (Å²) in [5.74, 6) is -0.840. The number of aryl methyl sites for hydroxylation is 3. The lowest BCUT2D eigenvalue weighted by molar-refractivity contribution is 0.0697. The molecule has 21 heavy (non-hydrogen) atoms. The summed E-state index contributed by atoms with van der Waals surface area (Å²) in [6.45, 7) is 9.61. The van der Waals surface area contributed by atoms with Crippen LogP contribution in [0.3, 0.4) is 0 Å². The predicted molar refractivity (Wildman–Crippen MR) is 87.3 cm³/mol. The van der Waals surface area contributed by atoms with Crippen molar-refractivity contribution in [2.24, 2.45) is 0 Å². The van der Waals surface area contributed by atoms with E-state index in [0.717, 1.165) is 43.2 Å². The molecule has 2 aromatic rings. The molecule has 3 nitrogen and oxygen atoms in total. The van der Waals surface area contributed by atoms with Crippen LogP contribution >= 0.6 is 0 Å². The van der Waals surface area contributed by atoms with Gasteiger partial charge in [-0.3, -0.25) is 0 Å². The zero-order valence-corrected chi connectivity index (χ0v) is 13.5.